The van der Waals surface area contributed by atoms with Gasteiger partial charge >= 0.3 is 11.9 Å². The zero-order chi connectivity index (χ0) is 25.7. The quantitative estimate of drug-likeness (QED) is 0.127. The van der Waals surface area contributed by atoms with Gasteiger partial charge in [0.05, 0.1) is 12.8 Å². The van der Waals surface area contributed by atoms with Crippen molar-refractivity contribution in [2.24, 2.45) is 22.4 Å². The largest absolute Gasteiger partial charge is 0.481 e. The summed E-state index contributed by atoms with van der Waals surface area (Å²) in [4.78, 5) is 51.6. The summed E-state index contributed by atoms with van der Waals surface area (Å²) in [6.45, 7) is 3.72. The smallest absolute Gasteiger partial charge is 0.326 e. The molecule has 1 aromatic carbocycles. The fraction of sp³-hybridized carbons (Fsp3) is 0.435. The third-order valence-corrected chi connectivity index (χ3v) is 4.79. The van der Waals surface area contributed by atoms with Gasteiger partial charge in [0.1, 0.15) is 12.1 Å². The Morgan fingerprint density at radius 3 is 2.35 bits per heavy atom. The first-order valence-electron chi connectivity index (χ1n) is 10.9. The van der Waals surface area contributed by atoms with Gasteiger partial charge in [-0.1, -0.05) is 50.3 Å². The van der Waals surface area contributed by atoms with Gasteiger partial charge in [0.25, 0.3) is 0 Å². The van der Waals surface area contributed by atoms with Crippen LogP contribution < -0.4 is 22.1 Å². The molecule has 2 amide bonds. The van der Waals surface area contributed by atoms with Gasteiger partial charge in [-0.3, -0.25) is 19.4 Å². The van der Waals surface area contributed by atoms with E-state index in [-0.39, 0.29) is 12.4 Å². The number of allylic oxidation sites excluding steroid dienone is 1. The van der Waals surface area contributed by atoms with Gasteiger partial charge < -0.3 is 32.3 Å². The van der Waals surface area contributed by atoms with Crippen LogP contribution in [-0.4, -0.2) is 58.6 Å². The lowest BCUT2D eigenvalue weighted by Crippen LogP contribution is -2.53. The summed E-state index contributed by atoms with van der Waals surface area (Å²) in [5.41, 5.74) is 12.0. The van der Waals surface area contributed by atoms with Crippen LogP contribution in [0.15, 0.2) is 35.3 Å². The van der Waals surface area contributed by atoms with Crippen LogP contribution in [0.4, 0.5) is 0 Å². The third kappa shape index (κ3) is 10.6. The fourth-order valence-corrected chi connectivity index (χ4v) is 3.06. The average Bonchev–Trinajstić information content (AvgIpc) is 2.73. The Morgan fingerprint density at radius 1 is 1.09 bits per heavy atom. The number of carbonyl (C=O) groups excluding carboxylic acids is 2. The van der Waals surface area contributed by atoms with Crippen LogP contribution in [0.5, 0.6) is 0 Å². The van der Waals surface area contributed by atoms with Crippen LogP contribution in [-0.2, 0) is 25.6 Å². The zero-order valence-corrected chi connectivity index (χ0v) is 19.4. The van der Waals surface area contributed by atoms with E-state index in [0.717, 1.165) is 18.4 Å². The molecule has 8 N–H and O–H groups in total. The second-order valence-corrected chi connectivity index (χ2v) is 8.01. The normalized spacial score (nSPS) is 12.7. The van der Waals surface area contributed by atoms with Crippen LogP contribution in [0, 0.1) is 5.92 Å². The van der Waals surface area contributed by atoms with Gasteiger partial charge in [0, 0.05) is 6.54 Å². The molecule has 0 bridgehead atoms. The lowest BCUT2D eigenvalue weighted by Gasteiger charge is -2.22. The number of guanidine groups is 1. The van der Waals surface area contributed by atoms with Crippen molar-refractivity contribution < 1.29 is 29.4 Å². The minimum Gasteiger partial charge on any atom is -0.481 e. The molecule has 0 aromatic heterocycles. The molecule has 34 heavy (non-hydrogen) atoms. The van der Waals surface area contributed by atoms with Gasteiger partial charge in [0.15, 0.2) is 5.96 Å². The first-order valence-corrected chi connectivity index (χ1v) is 10.9. The average molecular weight is 476 g/mol. The molecular formula is C23H33N5O6. The number of aliphatic imine (C=N–C) groups is 1. The van der Waals surface area contributed by atoms with E-state index >= 15 is 0 Å². The summed E-state index contributed by atoms with van der Waals surface area (Å²) in [6.07, 6.45) is 4.48. The van der Waals surface area contributed by atoms with Crippen molar-refractivity contribution in [3.8, 4) is 0 Å². The van der Waals surface area contributed by atoms with E-state index in [1.807, 2.05) is 24.3 Å². The molecule has 0 unspecified atom stereocenters. The van der Waals surface area contributed by atoms with Crippen LogP contribution >= 0.6 is 0 Å². The van der Waals surface area contributed by atoms with E-state index in [1.54, 1.807) is 26.0 Å². The number of rotatable bonds is 14. The highest BCUT2D eigenvalue weighted by molar-refractivity contribution is 5.93. The number of aliphatic carboxylic acids is 2. The number of nitrogens with two attached hydrogens (primary N) is 2. The summed E-state index contributed by atoms with van der Waals surface area (Å²) in [7, 11) is 0. The molecular weight excluding hydrogens is 442 g/mol. The predicted molar refractivity (Wildman–Crippen MR) is 128 cm³/mol. The minimum absolute atomic E-state index is 0.0397. The molecule has 1 rings (SSSR count). The number of carboxylic acid groups (broad SMARTS) is 2. The van der Waals surface area contributed by atoms with Gasteiger partial charge in [-0.2, -0.15) is 0 Å². The van der Waals surface area contributed by atoms with Crippen molar-refractivity contribution in [1.29, 1.82) is 0 Å². The van der Waals surface area contributed by atoms with Gasteiger partial charge in [-0.15, -0.1) is 0 Å². The highest BCUT2D eigenvalue weighted by Gasteiger charge is 2.29. The summed E-state index contributed by atoms with van der Waals surface area (Å²) in [6, 6.07) is 4.54. The number of nitrogens with zero attached hydrogens (tertiary/aromatic N) is 1. The van der Waals surface area contributed by atoms with E-state index in [1.165, 1.54) is 0 Å². The number of amides is 2. The molecule has 0 aliphatic carbocycles. The van der Waals surface area contributed by atoms with Crippen LogP contribution in [0.3, 0.4) is 0 Å². The van der Waals surface area contributed by atoms with Crippen molar-refractivity contribution >= 4 is 35.8 Å². The Labute approximate surface area is 198 Å². The molecule has 11 nitrogen and oxygen atoms in total. The van der Waals surface area contributed by atoms with Crippen LogP contribution in [0.1, 0.15) is 44.2 Å². The Kier molecular flexibility index (Phi) is 11.8. The molecule has 0 fully saturated rings. The minimum atomic E-state index is -1.41. The van der Waals surface area contributed by atoms with Gasteiger partial charge in [0.2, 0.25) is 11.8 Å². The molecule has 186 valence electrons. The summed E-state index contributed by atoms with van der Waals surface area (Å²) in [5, 5.41) is 23.1. The Hall–Kier alpha value is -3.89. The summed E-state index contributed by atoms with van der Waals surface area (Å²) in [5.74, 6) is -4.38. The van der Waals surface area contributed by atoms with Crippen molar-refractivity contribution in [3.63, 3.8) is 0 Å². The van der Waals surface area contributed by atoms with E-state index in [4.69, 9.17) is 16.6 Å². The number of nitrogens with one attached hydrogen (secondary N) is 2. The SMILES string of the molecule is CC(C)[C@H](NC(=O)[C@H](CC(=O)O)NC(=O)Cc1ccccc1/C=C/CCCN=C(N)N)C(=O)O. The summed E-state index contributed by atoms with van der Waals surface area (Å²) >= 11 is 0. The topological polar surface area (TPSA) is 197 Å². The van der Waals surface area contributed by atoms with E-state index in [0.29, 0.717) is 12.1 Å². The van der Waals surface area contributed by atoms with Crippen molar-refractivity contribution in [2.75, 3.05) is 6.54 Å². The van der Waals surface area contributed by atoms with Crippen LogP contribution in [0.25, 0.3) is 6.08 Å². The number of unbranched alkanes of at least 4 members (excludes halogenated alkanes) is 1. The standard InChI is InChI=1S/C23H33N5O6/c1-14(2)20(22(33)34)28-21(32)17(13-19(30)31)27-18(29)12-16-10-6-5-9-15(16)8-4-3-7-11-26-23(24)25/h4-6,8-10,14,17,20H,3,7,11-13H2,1-2H3,(H,27,29)(H,28,32)(H,30,31)(H,33,34)(H4,24,25,26)/b8-4+/t17-,20-/m0/s1. The molecule has 0 saturated carbocycles. The molecule has 0 aliphatic rings. The van der Waals surface area contributed by atoms with Crippen molar-refractivity contribution in [1.82, 2.24) is 10.6 Å². The summed E-state index contributed by atoms with van der Waals surface area (Å²) < 4.78 is 0. The highest BCUT2D eigenvalue weighted by Crippen LogP contribution is 2.13. The molecule has 0 aliphatic heterocycles. The van der Waals surface area contributed by atoms with Crippen molar-refractivity contribution in [2.45, 2.75) is 51.6 Å². The van der Waals surface area contributed by atoms with Gasteiger partial charge in [-0.05, 0) is 29.9 Å². The van der Waals surface area contributed by atoms with Crippen molar-refractivity contribution in [3.05, 3.63) is 41.5 Å². The van der Waals surface area contributed by atoms with E-state index in [9.17, 15) is 24.3 Å². The number of benzene rings is 1. The number of hydrogen-bond donors (Lipinski definition) is 6. The maximum Gasteiger partial charge on any atom is 0.326 e. The van der Waals surface area contributed by atoms with Crippen LogP contribution in [0.2, 0.25) is 0 Å². The Morgan fingerprint density at radius 2 is 1.76 bits per heavy atom. The molecule has 0 saturated heterocycles. The first-order chi connectivity index (χ1) is 16.0. The number of hydrogen-bond acceptors (Lipinski definition) is 5. The fourth-order valence-electron chi connectivity index (χ4n) is 3.06. The number of carboxylic acids is 2. The second-order valence-electron chi connectivity index (χ2n) is 8.01. The van der Waals surface area contributed by atoms with E-state index < -0.39 is 48.2 Å². The Bertz CT molecular complexity index is 924. The zero-order valence-electron chi connectivity index (χ0n) is 19.4. The molecule has 0 heterocycles. The highest BCUT2D eigenvalue weighted by atomic mass is 16.4. The third-order valence-electron chi connectivity index (χ3n) is 4.79. The van der Waals surface area contributed by atoms with Gasteiger partial charge in [-0.25, -0.2) is 4.79 Å². The molecule has 0 spiro atoms. The first kappa shape index (κ1) is 28.1. The lowest BCUT2D eigenvalue weighted by molar-refractivity contribution is -0.144. The molecule has 1 aromatic rings. The monoisotopic (exact) mass is 475 g/mol. The second kappa shape index (κ2) is 14.3. The lowest BCUT2D eigenvalue weighted by atomic mass is 10.0. The Balaban J connectivity index is 2.84. The predicted octanol–water partition coefficient (Wildman–Crippen LogP) is 0.481. The maximum atomic E-state index is 12.6. The van der Waals surface area contributed by atoms with E-state index in [2.05, 4.69) is 15.6 Å². The number of carbonyl (C=O) groups is 4. The molecule has 0 radical (unpaired) electrons. The molecule has 2 atom stereocenters. The molecule has 11 heteroatoms. The maximum absolute atomic E-state index is 12.6.